The first-order chi connectivity index (χ1) is 12.6. The van der Waals surface area contributed by atoms with Gasteiger partial charge in [-0.15, -0.1) is 5.10 Å². The molecule has 1 fully saturated rings. The van der Waals surface area contributed by atoms with Gasteiger partial charge in [0.05, 0.1) is 24.3 Å². The third-order valence-electron chi connectivity index (χ3n) is 4.80. The highest BCUT2D eigenvalue weighted by Crippen LogP contribution is 2.45. The Hall–Kier alpha value is -2.13. The molecule has 1 saturated heterocycles. The molecular formula is C18H23N5O2S. The molecule has 0 saturated carbocycles. The van der Waals surface area contributed by atoms with Crippen LogP contribution < -0.4 is 5.73 Å². The molecule has 0 atom stereocenters. The summed E-state index contributed by atoms with van der Waals surface area (Å²) in [4.78, 5) is 6.56. The summed E-state index contributed by atoms with van der Waals surface area (Å²) in [7, 11) is -0.228. The lowest BCUT2D eigenvalue weighted by Crippen LogP contribution is -2.38. The average molecular weight is 373 g/mol. The molecule has 3 N–H and O–H groups in total. The molecule has 1 aliphatic heterocycles. The van der Waals surface area contributed by atoms with Gasteiger partial charge in [-0.2, -0.15) is 15.6 Å². The fourth-order valence-electron chi connectivity index (χ4n) is 3.26. The van der Waals surface area contributed by atoms with Crippen LogP contribution in [0.4, 0.5) is 5.95 Å². The number of pyridine rings is 1. The van der Waals surface area contributed by atoms with Crippen LogP contribution in [-0.2, 0) is 10.7 Å². The zero-order valence-corrected chi connectivity index (χ0v) is 15.5. The third kappa shape index (κ3) is 3.41. The van der Waals surface area contributed by atoms with Gasteiger partial charge >= 0.3 is 0 Å². The van der Waals surface area contributed by atoms with Crippen molar-refractivity contribution >= 4 is 22.2 Å². The summed E-state index contributed by atoms with van der Waals surface area (Å²) in [6.45, 7) is 2.60. The Kier molecular flexibility index (Phi) is 4.58. The highest BCUT2D eigenvalue weighted by molar-refractivity contribution is 8.25. The maximum absolute atomic E-state index is 10.2. The van der Waals surface area contributed by atoms with Crippen molar-refractivity contribution in [2.75, 3.05) is 37.4 Å². The van der Waals surface area contributed by atoms with Crippen molar-refractivity contribution in [3.05, 3.63) is 48.0 Å². The number of hydrogen-bond acceptors (Lipinski definition) is 6. The first-order valence-corrected chi connectivity index (χ1v) is 10.4. The second-order valence-corrected chi connectivity index (χ2v) is 9.17. The average Bonchev–Trinajstić information content (AvgIpc) is 3.05. The largest absolute Gasteiger partial charge is 0.366 e. The number of nitrogens with zero attached hydrogens (tertiary/aromatic N) is 4. The molecule has 26 heavy (non-hydrogen) atoms. The minimum atomic E-state index is -1.83. The SMILES string of the molecule is COS1(O)CCN(Cc2ccc(-c3cccc4nc(N)nn34)cc2)CC1. The van der Waals surface area contributed by atoms with Gasteiger partial charge in [-0.1, -0.05) is 30.3 Å². The van der Waals surface area contributed by atoms with E-state index in [4.69, 9.17) is 9.92 Å². The van der Waals surface area contributed by atoms with Crippen molar-refractivity contribution in [3.63, 3.8) is 0 Å². The molecule has 0 radical (unpaired) electrons. The number of benzene rings is 1. The van der Waals surface area contributed by atoms with Crippen LogP contribution in [0.15, 0.2) is 42.5 Å². The Morgan fingerprint density at radius 2 is 1.88 bits per heavy atom. The molecule has 138 valence electrons. The Labute approximate surface area is 154 Å². The van der Waals surface area contributed by atoms with E-state index in [1.165, 1.54) is 5.56 Å². The lowest BCUT2D eigenvalue weighted by Gasteiger charge is -2.44. The molecule has 0 unspecified atom stereocenters. The summed E-state index contributed by atoms with van der Waals surface area (Å²) in [5.74, 6) is 1.71. The lowest BCUT2D eigenvalue weighted by atomic mass is 10.1. The predicted molar refractivity (Wildman–Crippen MR) is 105 cm³/mol. The summed E-state index contributed by atoms with van der Waals surface area (Å²) in [6.07, 6.45) is 0. The second kappa shape index (κ2) is 6.88. The van der Waals surface area contributed by atoms with Crippen molar-refractivity contribution in [3.8, 4) is 11.3 Å². The zero-order valence-electron chi connectivity index (χ0n) is 14.7. The number of fused-ring (bicyclic) bond motifs is 1. The van der Waals surface area contributed by atoms with Crippen LogP contribution in [0.25, 0.3) is 16.9 Å². The van der Waals surface area contributed by atoms with Crippen molar-refractivity contribution in [2.24, 2.45) is 0 Å². The number of aromatic nitrogens is 3. The Morgan fingerprint density at radius 3 is 2.58 bits per heavy atom. The van der Waals surface area contributed by atoms with Gasteiger partial charge in [0.1, 0.15) is 0 Å². The van der Waals surface area contributed by atoms with Crippen molar-refractivity contribution < 1.29 is 8.74 Å². The van der Waals surface area contributed by atoms with Crippen LogP contribution in [0, 0.1) is 0 Å². The standard InChI is InChI=1S/C18H23N5O2S/c1-25-26(24)11-9-22(10-12-26)13-14-5-7-15(8-6-14)16-3-2-4-17-20-18(19)21-23(16)17/h2-8,24H,9-13H2,1H3,(H2,19,21). The summed E-state index contributed by atoms with van der Waals surface area (Å²) >= 11 is 0. The van der Waals surface area contributed by atoms with E-state index in [-0.39, 0.29) is 5.95 Å². The third-order valence-corrected chi connectivity index (χ3v) is 7.06. The van der Waals surface area contributed by atoms with E-state index in [1.54, 1.807) is 11.6 Å². The van der Waals surface area contributed by atoms with Crippen LogP contribution in [0.1, 0.15) is 5.56 Å². The zero-order chi connectivity index (χ0) is 18.1. The molecular weight excluding hydrogens is 350 g/mol. The first-order valence-electron chi connectivity index (χ1n) is 8.56. The molecule has 8 heteroatoms. The molecule has 0 bridgehead atoms. The van der Waals surface area contributed by atoms with E-state index in [9.17, 15) is 4.55 Å². The Balaban J connectivity index is 1.49. The van der Waals surface area contributed by atoms with Gasteiger partial charge in [0.25, 0.3) is 0 Å². The molecule has 0 amide bonds. The van der Waals surface area contributed by atoms with Gasteiger partial charge in [-0.3, -0.25) is 13.6 Å². The van der Waals surface area contributed by atoms with Gasteiger partial charge in [0.15, 0.2) is 5.65 Å². The Morgan fingerprint density at radius 1 is 1.15 bits per heavy atom. The van der Waals surface area contributed by atoms with Crippen molar-refractivity contribution in [1.29, 1.82) is 0 Å². The van der Waals surface area contributed by atoms with Gasteiger partial charge in [0, 0.05) is 25.2 Å². The van der Waals surface area contributed by atoms with E-state index < -0.39 is 10.6 Å². The molecule has 3 aromatic rings. The van der Waals surface area contributed by atoms with Crippen LogP contribution in [0.5, 0.6) is 0 Å². The molecule has 4 rings (SSSR count). The van der Waals surface area contributed by atoms with Crippen LogP contribution in [0.2, 0.25) is 0 Å². The van der Waals surface area contributed by atoms with E-state index in [1.807, 2.05) is 18.2 Å². The van der Waals surface area contributed by atoms with Crippen LogP contribution in [0.3, 0.4) is 0 Å². The topological polar surface area (TPSA) is 88.9 Å². The van der Waals surface area contributed by atoms with E-state index >= 15 is 0 Å². The van der Waals surface area contributed by atoms with E-state index in [0.717, 1.165) is 48.0 Å². The highest BCUT2D eigenvalue weighted by Gasteiger charge is 2.24. The van der Waals surface area contributed by atoms with E-state index in [0.29, 0.717) is 0 Å². The quantitative estimate of drug-likeness (QED) is 0.731. The maximum atomic E-state index is 10.2. The van der Waals surface area contributed by atoms with Crippen LogP contribution >= 0.6 is 10.6 Å². The molecule has 7 nitrogen and oxygen atoms in total. The molecule has 1 aliphatic rings. The number of rotatable bonds is 4. The minimum absolute atomic E-state index is 0.275. The maximum Gasteiger partial charge on any atom is 0.240 e. The fourth-order valence-corrected chi connectivity index (χ4v) is 4.89. The van der Waals surface area contributed by atoms with Crippen molar-refractivity contribution in [1.82, 2.24) is 19.5 Å². The summed E-state index contributed by atoms with van der Waals surface area (Å²) in [6, 6.07) is 14.3. The fraction of sp³-hybridized carbons (Fsp3) is 0.333. The van der Waals surface area contributed by atoms with Crippen molar-refractivity contribution in [2.45, 2.75) is 6.54 Å². The molecule has 1 aromatic carbocycles. The molecule has 3 heterocycles. The molecule has 0 spiro atoms. The van der Waals surface area contributed by atoms with Crippen LogP contribution in [-0.4, -0.2) is 55.8 Å². The smallest absolute Gasteiger partial charge is 0.240 e. The molecule has 2 aromatic heterocycles. The number of nitrogens with two attached hydrogens (primary N) is 1. The van der Waals surface area contributed by atoms with Gasteiger partial charge in [-0.05, 0) is 17.7 Å². The number of nitrogen functional groups attached to an aromatic ring is 1. The second-order valence-electron chi connectivity index (χ2n) is 6.47. The number of hydrogen-bond donors (Lipinski definition) is 2. The molecule has 0 aliphatic carbocycles. The van der Waals surface area contributed by atoms with Gasteiger partial charge in [-0.25, -0.2) is 4.52 Å². The number of anilines is 1. The summed E-state index contributed by atoms with van der Waals surface area (Å²) < 4.78 is 17.3. The summed E-state index contributed by atoms with van der Waals surface area (Å²) in [5.41, 5.74) is 9.74. The lowest BCUT2D eigenvalue weighted by molar-refractivity contribution is 0.270. The monoisotopic (exact) mass is 373 g/mol. The normalized spacial score (nSPS) is 18.8. The van der Waals surface area contributed by atoms with Gasteiger partial charge < -0.3 is 5.73 Å². The predicted octanol–water partition coefficient (Wildman–Crippen LogP) is 2.63. The first kappa shape index (κ1) is 17.3. The minimum Gasteiger partial charge on any atom is -0.366 e. The Bertz CT molecular complexity index is 904. The van der Waals surface area contributed by atoms with E-state index in [2.05, 4.69) is 39.2 Å². The summed E-state index contributed by atoms with van der Waals surface area (Å²) in [5, 5.41) is 4.27. The van der Waals surface area contributed by atoms with Gasteiger partial charge in [0.2, 0.25) is 5.95 Å². The highest BCUT2D eigenvalue weighted by atomic mass is 32.3.